The number of piperazine rings is 1. The highest BCUT2D eigenvalue weighted by Gasteiger charge is 2.30. The van der Waals surface area contributed by atoms with Crippen LogP contribution < -0.4 is 20.9 Å². The van der Waals surface area contributed by atoms with E-state index in [4.69, 9.17) is 0 Å². The first-order valence-corrected chi connectivity index (χ1v) is 12.6. The molecule has 2 aliphatic heterocycles. The van der Waals surface area contributed by atoms with E-state index in [1.165, 1.54) is 6.08 Å². The lowest BCUT2D eigenvalue weighted by Gasteiger charge is -2.36. The summed E-state index contributed by atoms with van der Waals surface area (Å²) in [4.78, 5) is 27.6. The van der Waals surface area contributed by atoms with Crippen molar-refractivity contribution in [1.29, 1.82) is 0 Å². The number of hydrogen-bond acceptors (Lipinski definition) is 7. The zero-order valence-corrected chi connectivity index (χ0v) is 21.2. The maximum absolute atomic E-state index is 13.8. The lowest BCUT2D eigenvalue weighted by Crippen LogP contribution is -2.52. The number of nitrogens with zero attached hydrogens (tertiary/aromatic N) is 5. The number of benzene rings is 1. The minimum atomic E-state index is -0.229. The number of halogens is 1. The molecule has 3 heterocycles. The lowest BCUT2D eigenvalue weighted by molar-refractivity contribution is 0.193. The number of carbonyl (C=O) groups excluding carboxylic acids is 1. The number of fused-ring (bicyclic) bond motifs is 1. The van der Waals surface area contributed by atoms with Crippen LogP contribution >= 0.6 is 0 Å². The van der Waals surface area contributed by atoms with Crippen LogP contribution in [0, 0.1) is 5.92 Å². The molecule has 10 heteroatoms. The molecule has 0 bridgehead atoms. The van der Waals surface area contributed by atoms with Gasteiger partial charge in [-0.15, -0.1) is 0 Å². The summed E-state index contributed by atoms with van der Waals surface area (Å²) >= 11 is 0. The Morgan fingerprint density at radius 1 is 1.16 bits per heavy atom. The number of rotatable bonds is 7. The van der Waals surface area contributed by atoms with Crippen molar-refractivity contribution in [1.82, 2.24) is 30.4 Å². The molecule has 1 aliphatic carbocycles. The first-order chi connectivity index (χ1) is 18.0. The maximum Gasteiger partial charge on any atom is 0.317 e. The molecule has 0 radical (unpaired) electrons. The molecule has 1 fully saturated rings. The number of carbonyl (C=O) groups is 1. The number of anilines is 3. The van der Waals surface area contributed by atoms with E-state index in [1.54, 1.807) is 12.3 Å². The smallest absolute Gasteiger partial charge is 0.317 e. The predicted octanol–water partition coefficient (Wildman–Crippen LogP) is 2.97. The zero-order chi connectivity index (χ0) is 25.8. The average molecular weight is 505 g/mol. The van der Waals surface area contributed by atoms with E-state index >= 15 is 0 Å². The molecule has 37 heavy (non-hydrogen) atoms. The molecule has 2 aromatic rings. The summed E-state index contributed by atoms with van der Waals surface area (Å²) in [6, 6.07) is 10.0. The Kier molecular flexibility index (Phi) is 7.36. The van der Waals surface area contributed by atoms with Gasteiger partial charge >= 0.3 is 6.03 Å². The van der Waals surface area contributed by atoms with Gasteiger partial charge < -0.3 is 30.7 Å². The molecule has 3 N–H and O–H groups in total. The van der Waals surface area contributed by atoms with E-state index in [-0.39, 0.29) is 23.8 Å². The highest BCUT2D eigenvalue weighted by atomic mass is 19.1. The molecule has 0 spiro atoms. The van der Waals surface area contributed by atoms with Crippen molar-refractivity contribution in [2.75, 3.05) is 63.6 Å². The predicted molar refractivity (Wildman–Crippen MR) is 144 cm³/mol. The third-order valence-corrected chi connectivity index (χ3v) is 6.82. The van der Waals surface area contributed by atoms with Crippen LogP contribution in [-0.4, -0.2) is 85.2 Å². The van der Waals surface area contributed by atoms with E-state index in [1.807, 2.05) is 54.4 Å². The van der Waals surface area contributed by atoms with Gasteiger partial charge in [0.1, 0.15) is 5.83 Å². The fourth-order valence-corrected chi connectivity index (χ4v) is 4.75. The number of urea groups is 1. The molecule has 5 rings (SSSR count). The van der Waals surface area contributed by atoms with Crippen LogP contribution in [-0.2, 0) is 0 Å². The van der Waals surface area contributed by atoms with Crippen LogP contribution in [0.1, 0.15) is 5.69 Å². The van der Waals surface area contributed by atoms with Crippen molar-refractivity contribution in [2.45, 2.75) is 6.04 Å². The van der Waals surface area contributed by atoms with E-state index in [9.17, 15) is 9.18 Å². The zero-order valence-electron chi connectivity index (χ0n) is 21.2. The first kappa shape index (κ1) is 24.8. The lowest BCUT2D eigenvalue weighted by atomic mass is 9.89. The second kappa shape index (κ2) is 11.0. The van der Waals surface area contributed by atoms with Crippen LogP contribution in [0.4, 0.5) is 26.5 Å². The van der Waals surface area contributed by atoms with Gasteiger partial charge in [-0.1, -0.05) is 6.08 Å². The summed E-state index contributed by atoms with van der Waals surface area (Å²) in [6.07, 6.45) is 8.57. The number of allylic oxidation sites excluding steroid dienone is 2. The van der Waals surface area contributed by atoms with E-state index in [0.29, 0.717) is 25.6 Å². The maximum atomic E-state index is 13.8. The fourth-order valence-electron chi connectivity index (χ4n) is 4.75. The fraction of sp³-hybridized carbons (Fsp3) is 0.370. The van der Waals surface area contributed by atoms with Gasteiger partial charge in [0.25, 0.3) is 0 Å². The normalized spacial score (nSPS) is 20.8. The topological polar surface area (TPSA) is 88.7 Å². The van der Waals surface area contributed by atoms with Gasteiger partial charge in [0.15, 0.2) is 0 Å². The van der Waals surface area contributed by atoms with Gasteiger partial charge in [0.05, 0.1) is 11.7 Å². The quantitative estimate of drug-likeness (QED) is 0.534. The molecule has 1 aromatic carbocycles. The number of amides is 2. The van der Waals surface area contributed by atoms with Gasteiger partial charge in [0, 0.05) is 74.5 Å². The Labute approximate surface area is 216 Å². The molecular weight excluding hydrogens is 471 g/mol. The van der Waals surface area contributed by atoms with Crippen LogP contribution in [0.3, 0.4) is 0 Å². The Morgan fingerprint density at radius 2 is 1.95 bits per heavy atom. The van der Waals surface area contributed by atoms with Gasteiger partial charge in [-0.3, -0.25) is 0 Å². The van der Waals surface area contributed by atoms with Gasteiger partial charge in [-0.2, -0.15) is 0 Å². The van der Waals surface area contributed by atoms with E-state index < -0.39 is 0 Å². The molecule has 194 valence electrons. The molecule has 3 aliphatic rings. The molecule has 1 aromatic heterocycles. The summed E-state index contributed by atoms with van der Waals surface area (Å²) in [5.41, 5.74) is 3.69. The monoisotopic (exact) mass is 504 g/mol. The number of nitrogens with one attached hydrogen (secondary N) is 3. The van der Waals surface area contributed by atoms with Crippen molar-refractivity contribution in [3.8, 4) is 0 Å². The van der Waals surface area contributed by atoms with Gasteiger partial charge in [0.2, 0.25) is 5.95 Å². The Bertz CT molecular complexity index is 1200. The summed E-state index contributed by atoms with van der Waals surface area (Å²) in [7, 11) is 3.98. The van der Waals surface area contributed by atoms with Crippen LogP contribution in [0.5, 0.6) is 0 Å². The van der Waals surface area contributed by atoms with Crippen molar-refractivity contribution in [3.05, 3.63) is 72.5 Å². The number of likely N-dealkylation sites (N-methyl/N-ethyl adjacent to an activating group) is 1. The summed E-state index contributed by atoms with van der Waals surface area (Å²) < 4.78 is 13.8. The van der Waals surface area contributed by atoms with Gasteiger partial charge in [-0.25, -0.2) is 19.2 Å². The minimum Gasteiger partial charge on any atom is -0.383 e. The molecular formula is C27H33FN8O. The van der Waals surface area contributed by atoms with Crippen molar-refractivity contribution in [3.63, 3.8) is 0 Å². The Morgan fingerprint density at radius 3 is 2.70 bits per heavy atom. The van der Waals surface area contributed by atoms with E-state index in [0.717, 1.165) is 42.3 Å². The summed E-state index contributed by atoms with van der Waals surface area (Å²) in [5, 5.41) is 9.54. The third-order valence-electron chi connectivity index (χ3n) is 6.82. The molecule has 2 atom stereocenters. The largest absolute Gasteiger partial charge is 0.383 e. The molecule has 9 nitrogen and oxygen atoms in total. The standard InChI is InChI=1S/C27H33FN8O/c1-34(2)12-11-30-27(37)36-15-13-35(14-16-36)21-6-4-20(5-7-21)32-26-29-10-9-25(33-26)23-18-31-24-8-3-19(28)17-22(23)24/h3-10,17-18,22,24,31H,11-16H2,1-2H3,(H,30,37)(H,29,32,33). The van der Waals surface area contributed by atoms with Crippen molar-refractivity contribution >= 4 is 28.9 Å². The summed E-state index contributed by atoms with van der Waals surface area (Å²) in [5.74, 6) is 0.170. The highest BCUT2D eigenvalue weighted by molar-refractivity contribution is 5.74. The first-order valence-electron chi connectivity index (χ1n) is 12.6. The molecule has 1 saturated heterocycles. The average Bonchev–Trinajstić information content (AvgIpc) is 3.32. The summed E-state index contributed by atoms with van der Waals surface area (Å²) in [6.45, 7) is 4.43. The Hall–Kier alpha value is -3.92. The Balaban J connectivity index is 1.16. The van der Waals surface area contributed by atoms with Crippen LogP contribution in [0.2, 0.25) is 0 Å². The third kappa shape index (κ3) is 5.91. The SMILES string of the molecule is CN(C)CCNC(=O)N1CCN(c2ccc(Nc3nccc(C4=CNC5C=CC(F)=CC45)n3)cc2)CC1. The number of aromatic nitrogens is 2. The molecule has 2 unspecified atom stereocenters. The number of hydrogen-bond donors (Lipinski definition) is 3. The second-order valence-corrected chi connectivity index (χ2v) is 9.68. The highest BCUT2D eigenvalue weighted by Crippen LogP contribution is 2.34. The van der Waals surface area contributed by atoms with E-state index in [2.05, 4.69) is 43.0 Å². The van der Waals surface area contributed by atoms with Gasteiger partial charge in [-0.05, 0) is 56.6 Å². The minimum absolute atomic E-state index is 0.00376. The molecule has 0 saturated carbocycles. The van der Waals surface area contributed by atoms with Crippen LogP contribution in [0.25, 0.3) is 5.57 Å². The second-order valence-electron chi connectivity index (χ2n) is 9.68. The molecule has 2 amide bonds. The van der Waals surface area contributed by atoms with Crippen molar-refractivity contribution < 1.29 is 9.18 Å². The van der Waals surface area contributed by atoms with Crippen LogP contribution in [0.15, 0.2) is 66.8 Å². The van der Waals surface area contributed by atoms with Crippen molar-refractivity contribution in [2.24, 2.45) is 5.92 Å².